The minimum absolute atomic E-state index is 0.151. The molecule has 0 saturated carbocycles. The van der Waals surface area contributed by atoms with Crippen molar-refractivity contribution in [3.63, 3.8) is 0 Å². The maximum Gasteiger partial charge on any atom is 0.123 e. The van der Waals surface area contributed by atoms with Crippen LogP contribution in [0.5, 0.6) is 0 Å². The third-order valence-corrected chi connectivity index (χ3v) is 3.78. The Morgan fingerprint density at radius 2 is 2.00 bits per heavy atom. The van der Waals surface area contributed by atoms with Gasteiger partial charge in [-0.15, -0.1) is 0 Å². The highest BCUT2D eigenvalue weighted by Crippen LogP contribution is 2.10. The molecule has 0 unspecified atom stereocenters. The molecule has 0 aliphatic heterocycles. The van der Waals surface area contributed by atoms with Crippen molar-refractivity contribution in [3.8, 4) is 0 Å². The Hall–Kier alpha value is -1.19. The highest BCUT2D eigenvalue weighted by molar-refractivity contribution is 7.07. The molecule has 0 fully saturated rings. The van der Waals surface area contributed by atoms with Crippen molar-refractivity contribution in [1.29, 1.82) is 0 Å². The molecular weight excluding hydrogens is 245 g/mol. The van der Waals surface area contributed by atoms with E-state index < -0.39 is 0 Å². The molecular formula is C15H18FNS. The summed E-state index contributed by atoms with van der Waals surface area (Å²) in [5.74, 6) is -0.151. The summed E-state index contributed by atoms with van der Waals surface area (Å²) in [7, 11) is 0. The van der Waals surface area contributed by atoms with Gasteiger partial charge in [-0.05, 0) is 78.5 Å². The van der Waals surface area contributed by atoms with E-state index in [4.69, 9.17) is 0 Å². The lowest BCUT2D eigenvalue weighted by Gasteiger charge is -2.07. The zero-order valence-corrected chi connectivity index (χ0v) is 11.4. The molecule has 0 saturated heterocycles. The Labute approximate surface area is 112 Å². The first-order chi connectivity index (χ1) is 8.75. The molecule has 0 bridgehead atoms. The first kappa shape index (κ1) is 13.2. The highest BCUT2D eigenvalue weighted by atomic mass is 32.1. The third kappa shape index (κ3) is 3.93. The van der Waals surface area contributed by atoms with Gasteiger partial charge in [0.25, 0.3) is 0 Å². The van der Waals surface area contributed by atoms with Crippen LogP contribution in [0.15, 0.2) is 35.0 Å². The number of hydrogen-bond acceptors (Lipinski definition) is 2. The Kier molecular flexibility index (Phi) is 4.90. The molecule has 0 aliphatic carbocycles. The fraction of sp³-hybridized carbons (Fsp3) is 0.333. The zero-order valence-electron chi connectivity index (χ0n) is 10.6. The number of aryl methyl sites for hydroxylation is 1. The maximum atomic E-state index is 12.9. The summed E-state index contributed by atoms with van der Waals surface area (Å²) in [6, 6.07) is 7.18. The van der Waals surface area contributed by atoms with Gasteiger partial charge < -0.3 is 5.32 Å². The van der Waals surface area contributed by atoms with E-state index in [0.717, 1.165) is 31.5 Å². The standard InChI is InChI=1S/C15H18FNS/c1-12-10-15(16)3-2-14(12)5-8-17-7-4-13-6-9-18-11-13/h2-3,6,9-11,17H,4-5,7-8H2,1H3. The van der Waals surface area contributed by atoms with Gasteiger partial charge in [0.05, 0.1) is 0 Å². The van der Waals surface area contributed by atoms with Crippen molar-refractivity contribution in [2.45, 2.75) is 19.8 Å². The number of benzene rings is 1. The summed E-state index contributed by atoms with van der Waals surface area (Å²) >= 11 is 1.74. The average molecular weight is 263 g/mol. The van der Waals surface area contributed by atoms with Crippen LogP contribution in [0.1, 0.15) is 16.7 Å². The van der Waals surface area contributed by atoms with Crippen LogP contribution in [-0.2, 0) is 12.8 Å². The van der Waals surface area contributed by atoms with Crippen LogP contribution in [-0.4, -0.2) is 13.1 Å². The molecule has 0 atom stereocenters. The quantitative estimate of drug-likeness (QED) is 0.786. The summed E-state index contributed by atoms with van der Waals surface area (Å²) in [5.41, 5.74) is 3.65. The fourth-order valence-electron chi connectivity index (χ4n) is 1.96. The van der Waals surface area contributed by atoms with Crippen molar-refractivity contribution in [1.82, 2.24) is 5.32 Å². The van der Waals surface area contributed by atoms with Crippen LogP contribution in [0.25, 0.3) is 0 Å². The van der Waals surface area contributed by atoms with E-state index in [1.807, 2.05) is 13.0 Å². The molecule has 0 amide bonds. The van der Waals surface area contributed by atoms with E-state index in [2.05, 4.69) is 22.1 Å². The molecule has 3 heteroatoms. The second-order valence-electron chi connectivity index (χ2n) is 4.45. The largest absolute Gasteiger partial charge is 0.316 e. The highest BCUT2D eigenvalue weighted by Gasteiger charge is 2.00. The van der Waals surface area contributed by atoms with E-state index >= 15 is 0 Å². The van der Waals surface area contributed by atoms with Crippen LogP contribution in [0.3, 0.4) is 0 Å². The minimum atomic E-state index is -0.151. The van der Waals surface area contributed by atoms with Gasteiger partial charge in [0.2, 0.25) is 0 Å². The Morgan fingerprint density at radius 1 is 1.17 bits per heavy atom. The van der Waals surface area contributed by atoms with Crippen molar-refractivity contribution < 1.29 is 4.39 Å². The van der Waals surface area contributed by atoms with E-state index in [1.165, 1.54) is 17.2 Å². The molecule has 2 rings (SSSR count). The number of halogens is 1. The topological polar surface area (TPSA) is 12.0 Å². The van der Waals surface area contributed by atoms with Crippen molar-refractivity contribution in [3.05, 3.63) is 57.5 Å². The molecule has 0 aliphatic rings. The van der Waals surface area contributed by atoms with Crippen LogP contribution in [0.4, 0.5) is 4.39 Å². The van der Waals surface area contributed by atoms with Crippen molar-refractivity contribution >= 4 is 11.3 Å². The SMILES string of the molecule is Cc1cc(F)ccc1CCNCCc1ccsc1. The van der Waals surface area contributed by atoms with Crippen LogP contribution < -0.4 is 5.32 Å². The normalized spacial score (nSPS) is 10.8. The smallest absolute Gasteiger partial charge is 0.123 e. The van der Waals surface area contributed by atoms with Crippen molar-refractivity contribution in [2.24, 2.45) is 0 Å². The lowest BCUT2D eigenvalue weighted by Crippen LogP contribution is -2.20. The van der Waals surface area contributed by atoms with Crippen molar-refractivity contribution in [2.75, 3.05) is 13.1 Å². The zero-order chi connectivity index (χ0) is 12.8. The molecule has 0 radical (unpaired) electrons. The second-order valence-corrected chi connectivity index (χ2v) is 5.23. The van der Waals surface area contributed by atoms with Crippen LogP contribution >= 0.6 is 11.3 Å². The van der Waals surface area contributed by atoms with Gasteiger partial charge in [-0.1, -0.05) is 6.07 Å². The number of hydrogen-bond donors (Lipinski definition) is 1. The summed E-state index contributed by atoms with van der Waals surface area (Å²) in [5, 5.41) is 7.72. The summed E-state index contributed by atoms with van der Waals surface area (Å²) in [6.07, 6.45) is 2.03. The number of nitrogens with one attached hydrogen (secondary N) is 1. The molecule has 1 heterocycles. The van der Waals surface area contributed by atoms with Crippen LogP contribution in [0.2, 0.25) is 0 Å². The molecule has 1 nitrogen and oxygen atoms in total. The predicted molar refractivity (Wildman–Crippen MR) is 75.7 cm³/mol. The van der Waals surface area contributed by atoms with Gasteiger partial charge in [0.1, 0.15) is 5.82 Å². The summed E-state index contributed by atoms with van der Waals surface area (Å²) in [6.45, 7) is 3.90. The lowest BCUT2D eigenvalue weighted by molar-refractivity contribution is 0.624. The van der Waals surface area contributed by atoms with Gasteiger partial charge >= 0.3 is 0 Å². The maximum absolute atomic E-state index is 12.9. The second kappa shape index (κ2) is 6.66. The van der Waals surface area contributed by atoms with E-state index in [9.17, 15) is 4.39 Å². The van der Waals surface area contributed by atoms with Gasteiger partial charge in [-0.2, -0.15) is 11.3 Å². The van der Waals surface area contributed by atoms with Gasteiger partial charge in [-0.25, -0.2) is 4.39 Å². The number of thiophene rings is 1. The average Bonchev–Trinajstić information content (AvgIpc) is 2.84. The Morgan fingerprint density at radius 3 is 2.72 bits per heavy atom. The molecule has 1 N–H and O–H groups in total. The Balaban J connectivity index is 1.69. The molecule has 18 heavy (non-hydrogen) atoms. The summed E-state index contributed by atoms with van der Waals surface area (Å²) < 4.78 is 12.9. The fourth-order valence-corrected chi connectivity index (χ4v) is 2.66. The van der Waals surface area contributed by atoms with E-state index in [0.29, 0.717) is 0 Å². The molecule has 96 valence electrons. The molecule has 1 aromatic carbocycles. The number of rotatable bonds is 6. The van der Waals surface area contributed by atoms with E-state index in [-0.39, 0.29) is 5.82 Å². The monoisotopic (exact) mass is 263 g/mol. The Bertz CT molecular complexity index is 479. The molecule has 2 aromatic rings. The van der Waals surface area contributed by atoms with Gasteiger partial charge in [0, 0.05) is 0 Å². The predicted octanol–water partition coefficient (Wildman–Crippen LogP) is 3.57. The minimum Gasteiger partial charge on any atom is -0.316 e. The van der Waals surface area contributed by atoms with Crippen LogP contribution in [0, 0.1) is 12.7 Å². The molecule has 0 spiro atoms. The molecule has 1 aromatic heterocycles. The summed E-state index contributed by atoms with van der Waals surface area (Å²) in [4.78, 5) is 0. The van der Waals surface area contributed by atoms with Gasteiger partial charge in [0.15, 0.2) is 0 Å². The van der Waals surface area contributed by atoms with Gasteiger partial charge in [-0.3, -0.25) is 0 Å². The first-order valence-corrected chi connectivity index (χ1v) is 7.17. The van der Waals surface area contributed by atoms with E-state index in [1.54, 1.807) is 17.4 Å². The third-order valence-electron chi connectivity index (χ3n) is 3.05. The lowest BCUT2D eigenvalue weighted by atomic mass is 10.1. The first-order valence-electron chi connectivity index (χ1n) is 6.22.